The van der Waals surface area contributed by atoms with Crippen LogP contribution in [0.3, 0.4) is 0 Å². The Morgan fingerprint density at radius 3 is 1.64 bits per heavy atom. The monoisotopic (exact) mass is 699 g/mol. The number of rotatable bonds is 4. The molecule has 0 radical (unpaired) electrons. The zero-order chi connectivity index (χ0) is 36.6. The normalized spacial score (nSPS) is 11.6. The van der Waals surface area contributed by atoms with Gasteiger partial charge in [0.05, 0.1) is 62.7 Å². The summed E-state index contributed by atoms with van der Waals surface area (Å²) in [5.41, 5.74) is 12.7. The van der Waals surface area contributed by atoms with Gasteiger partial charge in [0.2, 0.25) is 0 Å². The maximum atomic E-state index is 10.5. The average Bonchev–Trinajstić information content (AvgIpc) is 3.89. The van der Waals surface area contributed by atoms with Gasteiger partial charge in [-0.1, -0.05) is 103 Å². The summed E-state index contributed by atoms with van der Waals surface area (Å²) in [6, 6.07) is 63.7. The van der Waals surface area contributed by atoms with Crippen LogP contribution in [0, 0.1) is 17.9 Å². The fourth-order valence-electron chi connectivity index (χ4n) is 8.81. The molecule has 8 aromatic carbocycles. The van der Waals surface area contributed by atoms with E-state index in [0.717, 1.165) is 82.8 Å². The summed E-state index contributed by atoms with van der Waals surface area (Å²) in [4.78, 5) is 3.72. The molecule has 55 heavy (non-hydrogen) atoms. The third kappa shape index (κ3) is 4.45. The topological polar surface area (TPSA) is 42.9 Å². The third-order valence-electron chi connectivity index (χ3n) is 11.0. The van der Waals surface area contributed by atoms with E-state index < -0.39 is 0 Å². The first-order valence-electron chi connectivity index (χ1n) is 18.3. The van der Waals surface area contributed by atoms with Gasteiger partial charge in [-0.2, -0.15) is 5.26 Å². The van der Waals surface area contributed by atoms with Crippen LogP contribution in [0.25, 0.3) is 98.5 Å². The Morgan fingerprint density at radius 2 is 0.964 bits per heavy atom. The third-order valence-corrected chi connectivity index (χ3v) is 11.0. The lowest BCUT2D eigenvalue weighted by atomic mass is 10.00. The van der Waals surface area contributed by atoms with E-state index in [0.29, 0.717) is 11.3 Å². The second-order valence-electron chi connectivity index (χ2n) is 14.0. The van der Waals surface area contributed by atoms with Crippen molar-refractivity contribution in [2.45, 2.75) is 0 Å². The van der Waals surface area contributed by atoms with Crippen molar-refractivity contribution in [3.05, 3.63) is 193 Å². The van der Waals surface area contributed by atoms with Gasteiger partial charge in [0, 0.05) is 38.2 Å². The molecule has 0 aliphatic rings. The van der Waals surface area contributed by atoms with E-state index in [-0.39, 0.29) is 0 Å². The van der Waals surface area contributed by atoms with E-state index in [1.165, 1.54) is 10.8 Å². The Balaban J connectivity index is 1.18. The molecular formula is C50H29N5. The lowest BCUT2D eigenvalue weighted by molar-refractivity contribution is 1.16. The molecule has 0 aliphatic heterocycles. The Hall–Kier alpha value is -7.86. The van der Waals surface area contributed by atoms with Gasteiger partial charge in [0.1, 0.15) is 0 Å². The summed E-state index contributed by atoms with van der Waals surface area (Å²) in [6.45, 7) is 7.66. The van der Waals surface area contributed by atoms with Crippen LogP contribution in [0.15, 0.2) is 176 Å². The van der Waals surface area contributed by atoms with Crippen molar-refractivity contribution in [2.24, 2.45) is 0 Å². The largest absolute Gasteiger partial charge is 0.309 e. The molecular weight excluding hydrogens is 671 g/mol. The van der Waals surface area contributed by atoms with Crippen molar-refractivity contribution in [1.29, 1.82) is 5.26 Å². The molecule has 0 aliphatic carbocycles. The second kappa shape index (κ2) is 11.8. The molecule has 0 saturated carbocycles. The molecule has 11 rings (SSSR count). The van der Waals surface area contributed by atoms with Crippen molar-refractivity contribution < 1.29 is 0 Å². The molecule has 254 valence electrons. The lowest BCUT2D eigenvalue weighted by Crippen LogP contribution is -2.00. The summed E-state index contributed by atoms with van der Waals surface area (Å²) in [5, 5.41) is 17.4. The number of fused-ring (bicyclic) bond motifs is 9. The SMILES string of the molecule is [C-]#[N+]c1ccc2c(c1)c1ccccc1n2-c1ccccc1-c1cc(C#N)cc(-n2c3ccccc3c3c(-n4c5ccccc5c5ccccc54)cccc32)c1. The van der Waals surface area contributed by atoms with E-state index in [9.17, 15) is 5.26 Å². The summed E-state index contributed by atoms with van der Waals surface area (Å²) in [7, 11) is 0. The molecule has 3 aromatic heterocycles. The Kier molecular flexibility index (Phi) is 6.61. The van der Waals surface area contributed by atoms with Gasteiger partial charge in [0.25, 0.3) is 0 Å². The Bertz CT molecular complexity index is 3420. The second-order valence-corrected chi connectivity index (χ2v) is 14.0. The average molecular weight is 700 g/mol. The molecule has 0 saturated heterocycles. The van der Waals surface area contributed by atoms with Gasteiger partial charge in [-0.25, -0.2) is 4.85 Å². The van der Waals surface area contributed by atoms with E-state index in [4.69, 9.17) is 6.57 Å². The van der Waals surface area contributed by atoms with E-state index >= 15 is 0 Å². The molecule has 0 atom stereocenters. The van der Waals surface area contributed by atoms with Gasteiger partial charge in [-0.05, 0) is 83.7 Å². The van der Waals surface area contributed by atoms with Crippen LogP contribution in [0.5, 0.6) is 0 Å². The van der Waals surface area contributed by atoms with Crippen molar-refractivity contribution in [2.75, 3.05) is 0 Å². The maximum absolute atomic E-state index is 10.5. The Morgan fingerprint density at radius 1 is 0.436 bits per heavy atom. The molecule has 0 N–H and O–H groups in total. The summed E-state index contributed by atoms with van der Waals surface area (Å²) in [6.07, 6.45) is 0. The number of hydrogen-bond acceptors (Lipinski definition) is 1. The van der Waals surface area contributed by atoms with E-state index in [1.54, 1.807) is 0 Å². The van der Waals surface area contributed by atoms with Gasteiger partial charge in [-0.15, -0.1) is 0 Å². The predicted octanol–water partition coefficient (Wildman–Crippen LogP) is 13.1. The zero-order valence-corrected chi connectivity index (χ0v) is 29.5. The number of para-hydroxylation sites is 5. The van der Waals surface area contributed by atoms with E-state index in [1.807, 2.05) is 36.4 Å². The minimum Gasteiger partial charge on any atom is -0.309 e. The van der Waals surface area contributed by atoms with Crippen LogP contribution in [0.1, 0.15) is 5.56 Å². The first-order valence-corrected chi connectivity index (χ1v) is 18.3. The van der Waals surface area contributed by atoms with Gasteiger partial charge < -0.3 is 13.7 Å². The minimum absolute atomic E-state index is 0.579. The highest BCUT2D eigenvalue weighted by atomic mass is 15.0. The number of nitriles is 1. The summed E-state index contributed by atoms with van der Waals surface area (Å²) < 4.78 is 6.98. The lowest BCUT2D eigenvalue weighted by Gasteiger charge is -2.16. The molecule has 0 amide bonds. The molecule has 0 spiro atoms. The van der Waals surface area contributed by atoms with Crippen LogP contribution in [-0.2, 0) is 0 Å². The molecule has 5 nitrogen and oxygen atoms in total. The van der Waals surface area contributed by atoms with Crippen LogP contribution in [-0.4, -0.2) is 13.7 Å². The first kappa shape index (κ1) is 30.7. The first-order chi connectivity index (χ1) is 27.2. The standard InChI is InChI=1S/C50H29N5/c1-52-34-25-26-47-41(30-34)39-16-5-10-21-45(39)54(47)42-18-7-2-13-36(42)33-27-32(31-51)28-35(29-33)53-46-22-11-6-17-40(46)50-48(53)23-12-24-49(50)55-43-19-8-3-14-37(43)38-15-4-9-20-44(38)55/h2-30H. The van der Waals surface area contributed by atoms with Crippen LogP contribution in [0.4, 0.5) is 5.69 Å². The van der Waals surface area contributed by atoms with Crippen LogP contribution >= 0.6 is 0 Å². The van der Waals surface area contributed by atoms with E-state index in [2.05, 4.69) is 164 Å². The minimum atomic E-state index is 0.579. The number of benzene rings is 8. The van der Waals surface area contributed by atoms with Crippen molar-refractivity contribution in [3.8, 4) is 34.3 Å². The smallest absolute Gasteiger partial charge is 0.188 e. The number of nitrogens with zero attached hydrogens (tertiary/aromatic N) is 5. The van der Waals surface area contributed by atoms with Crippen molar-refractivity contribution in [3.63, 3.8) is 0 Å². The summed E-state index contributed by atoms with van der Waals surface area (Å²) in [5.74, 6) is 0. The van der Waals surface area contributed by atoms with Crippen molar-refractivity contribution in [1.82, 2.24) is 13.7 Å². The highest BCUT2D eigenvalue weighted by Crippen LogP contribution is 2.42. The summed E-state index contributed by atoms with van der Waals surface area (Å²) >= 11 is 0. The van der Waals surface area contributed by atoms with Gasteiger partial charge in [0.15, 0.2) is 5.69 Å². The Labute approximate surface area is 316 Å². The van der Waals surface area contributed by atoms with Crippen LogP contribution < -0.4 is 0 Å². The molecule has 3 heterocycles. The maximum Gasteiger partial charge on any atom is 0.188 e. The number of aromatic nitrogens is 3. The molecule has 0 unspecified atom stereocenters. The molecule has 11 aromatic rings. The fourth-order valence-corrected chi connectivity index (χ4v) is 8.81. The highest BCUT2D eigenvalue weighted by molar-refractivity contribution is 6.16. The molecule has 0 bridgehead atoms. The van der Waals surface area contributed by atoms with Crippen LogP contribution in [0.2, 0.25) is 0 Å². The van der Waals surface area contributed by atoms with Gasteiger partial charge >= 0.3 is 0 Å². The van der Waals surface area contributed by atoms with Crippen molar-refractivity contribution >= 4 is 71.1 Å². The molecule has 5 heteroatoms. The molecule has 0 fully saturated rings. The fraction of sp³-hybridized carbons (Fsp3) is 0. The van der Waals surface area contributed by atoms with Gasteiger partial charge in [-0.3, -0.25) is 0 Å². The quantitative estimate of drug-likeness (QED) is 0.169. The zero-order valence-electron chi connectivity index (χ0n) is 29.5. The predicted molar refractivity (Wildman–Crippen MR) is 226 cm³/mol. The number of hydrogen-bond donors (Lipinski definition) is 0. The highest BCUT2D eigenvalue weighted by Gasteiger charge is 2.21.